The predicted octanol–water partition coefficient (Wildman–Crippen LogP) is 5.14. The zero-order valence-electron chi connectivity index (χ0n) is 21.4. The fourth-order valence-electron chi connectivity index (χ4n) is 3.67. The summed E-state index contributed by atoms with van der Waals surface area (Å²) in [7, 11) is -2.58. The summed E-state index contributed by atoms with van der Waals surface area (Å²) >= 11 is 18.9. The van der Waals surface area contributed by atoms with Gasteiger partial charge in [0.2, 0.25) is 21.8 Å². The molecule has 2 aromatic rings. The van der Waals surface area contributed by atoms with Crippen LogP contribution in [0.2, 0.25) is 15.1 Å². The number of rotatable bonds is 12. The number of carbonyl (C=O) groups is 2. The third-order valence-electron chi connectivity index (χ3n) is 5.87. The van der Waals surface area contributed by atoms with Crippen molar-refractivity contribution in [1.29, 1.82) is 0 Å². The Balaban J connectivity index is 2.57. The maximum Gasteiger partial charge on any atom is 0.244 e. The van der Waals surface area contributed by atoms with Crippen molar-refractivity contribution in [2.45, 2.75) is 52.2 Å². The number of methoxy groups -OCH3 is 1. The van der Waals surface area contributed by atoms with Gasteiger partial charge in [-0.05, 0) is 50.1 Å². The molecule has 2 amide bonds. The van der Waals surface area contributed by atoms with Gasteiger partial charge in [0.15, 0.2) is 0 Å². The number of anilines is 1. The Morgan fingerprint density at radius 3 is 2.19 bits per heavy atom. The molecule has 0 aliphatic carbocycles. The first-order valence-corrected chi connectivity index (χ1v) is 14.7. The maximum atomic E-state index is 13.8. The van der Waals surface area contributed by atoms with Crippen LogP contribution < -0.4 is 14.4 Å². The van der Waals surface area contributed by atoms with Crippen LogP contribution in [-0.2, 0) is 26.2 Å². The molecule has 0 heterocycles. The van der Waals surface area contributed by atoms with Gasteiger partial charge in [-0.25, -0.2) is 8.42 Å². The van der Waals surface area contributed by atoms with Crippen molar-refractivity contribution in [2.75, 3.05) is 24.2 Å². The van der Waals surface area contributed by atoms with Crippen molar-refractivity contribution in [3.8, 4) is 5.75 Å². The second kappa shape index (κ2) is 13.6. The summed E-state index contributed by atoms with van der Waals surface area (Å²) in [5.41, 5.74) is 0.541. The topological polar surface area (TPSA) is 96.0 Å². The molecule has 2 atom stereocenters. The van der Waals surface area contributed by atoms with Crippen molar-refractivity contribution in [1.82, 2.24) is 10.2 Å². The van der Waals surface area contributed by atoms with Crippen molar-refractivity contribution >= 4 is 62.3 Å². The molecule has 8 nitrogen and oxygen atoms in total. The molecule has 204 valence electrons. The van der Waals surface area contributed by atoms with Gasteiger partial charge in [0, 0.05) is 33.2 Å². The lowest BCUT2D eigenvalue weighted by Gasteiger charge is -2.34. The number of ether oxygens (including phenoxy) is 1. The minimum Gasteiger partial charge on any atom is -0.495 e. The van der Waals surface area contributed by atoms with E-state index in [2.05, 4.69) is 5.32 Å². The molecule has 0 fully saturated rings. The van der Waals surface area contributed by atoms with Gasteiger partial charge in [-0.2, -0.15) is 0 Å². The summed E-state index contributed by atoms with van der Waals surface area (Å²) in [5.74, 6) is -0.779. The molecule has 2 aromatic carbocycles. The van der Waals surface area contributed by atoms with E-state index in [1.165, 1.54) is 24.1 Å². The highest BCUT2D eigenvalue weighted by molar-refractivity contribution is 7.92. The molecular formula is C25H32Cl3N3O5S. The first-order chi connectivity index (χ1) is 17.3. The van der Waals surface area contributed by atoms with Crippen LogP contribution in [0.5, 0.6) is 5.75 Å². The van der Waals surface area contributed by atoms with Crippen molar-refractivity contribution in [2.24, 2.45) is 0 Å². The molecule has 0 unspecified atom stereocenters. The van der Waals surface area contributed by atoms with Gasteiger partial charge in [-0.1, -0.05) is 54.7 Å². The van der Waals surface area contributed by atoms with Crippen molar-refractivity contribution in [3.05, 3.63) is 57.0 Å². The highest BCUT2D eigenvalue weighted by Crippen LogP contribution is 2.33. The lowest BCUT2D eigenvalue weighted by atomic mass is 10.1. The molecule has 12 heteroatoms. The lowest BCUT2D eigenvalue weighted by Crippen LogP contribution is -2.53. The van der Waals surface area contributed by atoms with Gasteiger partial charge in [-0.3, -0.25) is 13.9 Å². The highest BCUT2D eigenvalue weighted by atomic mass is 35.5. The number of halogens is 3. The largest absolute Gasteiger partial charge is 0.495 e. The average molecular weight is 593 g/mol. The van der Waals surface area contributed by atoms with Gasteiger partial charge >= 0.3 is 0 Å². The molecule has 0 aliphatic rings. The Hall–Kier alpha value is -2.20. The van der Waals surface area contributed by atoms with E-state index in [1.807, 2.05) is 13.8 Å². The maximum absolute atomic E-state index is 13.8. The first-order valence-electron chi connectivity index (χ1n) is 11.7. The van der Waals surface area contributed by atoms with Crippen LogP contribution in [0, 0.1) is 0 Å². The van der Waals surface area contributed by atoms with Gasteiger partial charge in [0.1, 0.15) is 18.3 Å². The third kappa shape index (κ3) is 8.14. The minimum absolute atomic E-state index is 0.0960. The number of sulfonamides is 1. The molecule has 0 saturated heterocycles. The van der Waals surface area contributed by atoms with Crippen LogP contribution in [-0.4, -0.2) is 57.1 Å². The molecule has 2 rings (SSSR count). The lowest BCUT2D eigenvalue weighted by molar-refractivity contribution is -0.140. The fraction of sp³-hybridized carbons (Fsp3) is 0.440. The Morgan fingerprint density at radius 1 is 1.05 bits per heavy atom. The van der Waals surface area contributed by atoms with E-state index < -0.39 is 28.5 Å². The molecule has 1 N–H and O–H groups in total. The van der Waals surface area contributed by atoms with E-state index in [4.69, 9.17) is 39.5 Å². The Morgan fingerprint density at radius 2 is 1.68 bits per heavy atom. The summed E-state index contributed by atoms with van der Waals surface area (Å²) in [6.07, 6.45) is 1.95. The molecule has 0 spiro atoms. The van der Waals surface area contributed by atoms with Crippen molar-refractivity contribution < 1.29 is 22.7 Å². The smallest absolute Gasteiger partial charge is 0.244 e. The molecule has 0 aliphatic heterocycles. The molecule has 0 saturated carbocycles. The van der Waals surface area contributed by atoms with E-state index >= 15 is 0 Å². The minimum atomic E-state index is -3.97. The summed E-state index contributed by atoms with van der Waals surface area (Å²) in [5, 5.41) is 3.80. The molecule has 0 aromatic heterocycles. The summed E-state index contributed by atoms with van der Waals surface area (Å²) < 4.78 is 31.9. The van der Waals surface area contributed by atoms with Crippen molar-refractivity contribution in [3.63, 3.8) is 0 Å². The van der Waals surface area contributed by atoms with Crippen LogP contribution in [0.1, 0.15) is 39.2 Å². The van der Waals surface area contributed by atoms with Crippen LogP contribution in [0.25, 0.3) is 0 Å². The van der Waals surface area contributed by atoms with E-state index in [0.717, 1.165) is 10.6 Å². The fourth-order valence-corrected chi connectivity index (χ4v) is 5.20. The third-order valence-corrected chi connectivity index (χ3v) is 7.94. The van der Waals surface area contributed by atoms with E-state index in [1.54, 1.807) is 31.2 Å². The number of nitrogens with zero attached hydrogens (tertiary/aromatic N) is 2. The van der Waals surface area contributed by atoms with Gasteiger partial charge in [-0.15, -0.1) is 0 Å². The molecule has 0 bridgehead atoms. The van der Waals surface area contributed by atoms with E-state index in [0.29, 0.717) is 22.0 Å². The van der Waals surface area contributed by atoms with Gasteiger partial charge in [0.25, 0.3) is 0 Å². The van der Waals surface area contributed by atoms with Gasteiger partial charge < -0.3 is 15.0 Å². The standard InChI is InChI=1S/C25H32Cl3N3O5S/c1-6-16(3)29-25(33)21(7-2)30(14-18-19(27)9-8-10-20(18)28)24(32)15-31(37(5,34)35)22-13-17(26)11-12-23(22)36-4/h8-13,16,21H,6-7,14-15H2,1-5H3,(H,29,33)/t16-,21+/m0/s1. The number of hydrogen-bond donors (Lipinski definition) is 1. The summed E-state index contributed by atoms with van der Waals surface area (Å²) in [4.78, 5) is 28.3. The monoisotopic (exact) mass is 591 g/mol. The number of amides is 2. The van der Waals surface area contributed by atoms with Gasteiger partial charge in [0.05, 0.1) is 19.1 Å². The number of nitrogens with one attached hydrogen (secondary N) is 1. The first kappa shape index (κ1) is 31.0. The van der Waals surface area contributed by atoms with Crippen LogP contribution >= 0.6 is 34.8 Å². The quantitative estimate of drug-likeness (QED) is 0.368. The number of carbonyl (C=O) groups excluding carboxylic acids is 2. The van der Waals surface area contributed by atoms with Crippen LogP contribution in [0.15, 0.2) is 36.4 Å². The SMILES string of the molecule is CC[C@H](C(=O)N[C@@H](C)CC)N(Cc1c(Cl)cccc1Cl)C(=O)CN(c1cc(Cl)ccc1OC)S(C)(=O)=O. The second-order valence-corrected chi connectivity index (χ2v) is 11.7. The predicted molar refractivity (Wildman–Crippen MR) is 149 cm³/mol. The normalized spacial score (nSPS) is 13.0. The summed E-state index contributed by atoms with van der Waals surface area (Å²) in [6, 6.07) is 8.36. The summed E-state index contributed by atoms with van der Waals surface area (Å²) in [6.45, 7) is 4.85. The highest BCUT2D eigenvalue weighted by Gasteiger charge is 2.33. The Bertz CT molecular complexity index is 1210. The van der Waals surface area contributed by atoms with Crippen LogP contribution in [0.4, 0.5) is 5.69 Å². The van der Waals surface area contributed by atoms with E-state index in [-0.39, 0.29) is 41.4 Å². The molecule has 37 heavy (non-hydrogen) atoms. The zero-order valence-corrected chi connectivity index (χ0v) is 24.5. The number of hydrogen-bond acceptors (Lipinski definition) is 5. The van der Waals surface area contributed by atoms with Crippen LogP contribution in [0.3, 0.4) is 0 Å². The molecular weight excluding hydrogens is 561 g/mol. The second-order valence-electron chi connectivity index (χ2n) is 8.55. The van der Waals surface area contributed by atoms with E-state index in [9.17, 15) is 18.0 Å². The zero-order chi connectivity index (χ0) is 27.9. The number of benzene rings is 2. The molecule has 0 radical (unpaired) electrons. The Kier molecular flexibility index (Phi) is 11.4. The average Bonchev–Trinajstić information content (AvgIpc) is 2.83. The Labute approximate surface area is 233 Å².